The first-order valence-corrected chi connectivity index (χ1v) is 5.67. The summed E-state index contributed by atoms with van der Waals surface area (Å²) in [6.45, 7) is 5.15. The van der Waals surface area contributed by atoms with E-state index in [-0.39, 0.29) is 18.7 Å². The molecule has 0 atom stereocenters. The fourth-order valence-electron chi connectivity index (χ4n) is 1.23. The maximum atomic E-state index is 11.3. The van der Waals surface area contributed by atoms with E-state index in [0.29, 0.717) is 5.69 Å². The molecule has 1 N–H and O–H groups in total. The number of amides is 1. The van der Waals surface area contributed by atoms with Crippen LogP contribution in [0, 0.1) is 0 Å². The molecule has 5 nitrogen and oxygen atoms in total. The van der Waals surface area contributed by atoms with Gasteiger partial charge in [-0.2, -0.15) is 0 Å². The molecule has 0 aromatic heterocycles. The molecular formula is C13H17NO4. The third-order valence-corrected chi connectivity index (χ3v) is 1.99. The summed E-state index contributed by atoms with van der Waals surface area (Å²) >= 11 is 0. The Morgan fingerprint density at radius 2 is 1.83 bits per heavy atom. The highest BCUT2D eigenvalue weighted by Crippen LogP contribution is 2.11. The Kier molecular flexibility index (Phi) is 5.17. The first-order valence-electron chi connectivity index (χ1n) is 5.67. The highest BCUT2D eigenvalue weighted by Gasteiger charge is 2.05. The minimum Gasteiger partial charge on any atom is -0.461 e. The molecule has 1 amide bonds. The zero-order chi connectivity index (χ0) is 13.5. The average molecular weight is 251 g/mol. The smallest absolute Gasteiger partial charge is 0.411 e. The fourth-order valence-corrected chi connectivity index (χ4v) is 1.23. The second-order valence-electron chi connectivity index (χ2n) is 4.06. The molecule has 0 aliphatic heterocycles. The first kappa shape index (κ1) is 14.0. The number of nitrogens with one attached hydrogen (secondary N) is 1. The van der Waals surface area contributed by atoms with E-state index in [1.165, 1.54) is 6.92 Å². The van der Waals surface area contributed by atoms with Crippen LogP contribution in [0.1, 0.15) is 26.3 Å². The van der Waals surface area contributed by atoms with Gasteiger partial charge in [0, 0.05) is 12.6 Å². The predicted octanol–water partition coefficient (Wildman–Crippen LogP) is 2.71. The number of esters is 1. The van der Waals surface area contributed by atoms with Gasteiger partial charge in [-0.25, -0.2) is 4.79 Å². The lowest BCUT2D eigenvalue weighted by atomic mass is 10.2. The molecule has 0 aliphatic rings. The summed E-state index contributed by atoms with van der Waals surface area (Å²) in [6, 6.07) is 6.99. The van der Waals surface area contributed by atoms with Gasteiger partial charge in [0.05, 0.1) is 6.10 Å². The molecule has 18 heavy (non-hydrogen) atoms. The predicted molar refractivity (Wildman–Crippen MR) is 67.2 cm³/mol. The lowest BCUT2D eigenvalue weighted by Crippen LogP contribution is -2.17. The van der Waals surface area contributed by atoms with Gasteiger partial charge in [0.2, 0.25) is 0 Å². The van der Waals surface area contributed by atoms with Crippen LogP contribution >= 0.6 is 0 Å². The van der Waals surface area contributed by atoms with Gasteiger partial charge in [0.1, 0.15) is 6.61 Å². The molecule has 98 valence electrons. The average Bonchev–Trinajstić information content (AvgIpc) is 2.26. The van der Waals surface area contributed by atoms with Crippen molar-refractivity contribution in [2.45, 2.75) is 33.5 Å². The van der Waals surface area contributed by atoms with Gasteiger partial charge in [-0.05, 0) is 31.5 Å². The molecule has 1 aromatic rings. The molecule has 1 aromatic carbocycles. The summed E-state index contributed by atoms with van der Waals surface area (Å²) < 4.78 is 9.79. The number of benzene rings is 1. The van der Waals surface area contributed by atoms with Gasteiger partial charge in [0.25, 0.3) is 0 Å². The van der Waals surface area contributed by atoms with Crippen LogP contribution in [0.2, 0.25) is 0 Å². The van der Waals surface area contributed by atoms with E-state index < -0.39 is 6.09 Å². The molecule has 0 spiro atoms. The molecule has 0 radical (unpaired) electrons. The van der Waals surface area contributed by atoms with E-state index in [4.69, 9.17) is 9.47 Å². The van der Waals surface area contributed by atoms with Crippen molar-refractivity contribution < 1.29 is 19.1 Å². The molecule has 0 unspecified atom stereocenters. The largest absolute Gasteiger partial charge is 0.461 e. The van der Waals surface area contributed by atoms with Crippen LogP contribution in [0.25, 0.3) is 0 Å². The molecule has 5 heteroatoms. The Bertz CT molecular complexity index is 412. The fraction of sp³-hybridized carbons (Fsp3) is 0.385. The second kappa shape index (κ2) is 6.64. The number of anilines is 1. The van der Waals surface area contributed by atoms with E-state index in [1.54, 1.807) is 38.1 Å². The van der Waals surface area contributed by atoms with Crippen molar-refractivity contribution >= 4 is 17.7 Å². The van der Waals surface area contributed by atoms with E-state index in [1.807, 2.05) is 0 Å². The zero-order valence-corrected chi connectivity index (χ0v) is 10.7. The van der Waals surface area contributed by atoms with E-state index in [2.05, 4.69) is 5.32 Å². The van der Waals surface area contributed by atoms with Crippen molar-refractivity contribution in [3.63, 3.8) is 0 Å². The van der Waals surface area contributed by atoms with Gasteiger partial charge in [-0.15, -0.1) is 0 Å². The standard InChI is InChI=1S/C13H17NO4/c1-9(2)18-13(16)14-12-6-4-11(5-7-12)8-17-10(3)15/h4-7,9H,8H2,1-3H3,(H,14,16). The maximum Gasteiger partial charge on any atom is 0.411 e. The highest BCUT2D eigenvalue weighted by molar-refractivity contribution is 5.84. The Balaban J connectivity index is 2.49. The Hall–Kier alpha value is -2.04. The summed E-state index contributed by atoms with van der Waals surface area (Å²) in [5, 5.41) is 2.60. The van der Waals surface area contributed by atoms with Crippen LogP contribution in [-0.4, -0.2) is 18.2 Å². The Labute approximate surface area is 106 Å². The Morgan fingerprint density at radius 1 is 1.22 bits per heavy atom. The number of ether oxygens (including phenoxy) is 2. The van der Waals surface area contributed by atoms with Crippen molar-refractivity contribution in [1.29, 1.82) is 0 Å². The van der Waals surface area contributed by atoms with Crippen LogP contribution in [-0.2, 0) is 20.9 Å². The number of hydrogen-bond acceptors (Lipinski definition) is 4. The lowest BCUT2D eigenvalue weighted by Gasteiger charge is -2.09. The second-order valence-corrected chi connectivity index (χ2v) is 4.06. The lowest BCUT2D eigenvalue weighted by molar-refractivity contribution is -0.142. The van der Waals surface area contributed by atoms with Crippen LogP contribution < -0.4 is 5.32 Å². The molecule has 0 saturated carbocycles. The van der Waals surface area contributed by atoms with Crippen LogP contribution in [0.15, 0.2) is 24.3 Å². The highest BCUT2D eigenvalue weighted by atomic mass is 16.6. The van der Waals surface area contributed by atoms with Crippen molar-refractivity contribution in [2.24, 2.45) is 0 Å². The van der Waals surface area contributed by atoms with Gasteiger partial charge in [-0.3, -0.25) is 10.1 Å². The van der Waals surface area contributed by atoms with Crippen molar-refractivity contribution in [2.75, 3.05) is 5.32 Å². The number of carbonyl (C=O) groups is 2. The van der Waals surface area contributed by atoms with Crippen molar-refractivity contribution in [3.8, 4) is 0 Å². The zero-order valence-electron chi connectivity index (χ0n) is 10.7. The Morgan fingerprint density at radius 3 is 2.33 bits per heavy atom. The summed E-state index contributed by atoms with van der Waals surface area (Å²) in [6.07, 6.45) is -0.647. The van der Waals surface area contributed by atoms with Gasteiger partial charge >= 0.3 is 12.1 Å². The number of carbonyl (C=O) groups excluding carboxylic acids is 2. The van der Waals surface area contributed by atoms with Crippen LogP contribution in [0.4, 0.5) is 10.5 Å². The SMILES string of the molecule is CC(=O)OCc1ccc(NC(=O)OC(C)C)cc1. The minimum atomic E-state index is -0.488. The molecule has 0 saturated heterocycles. The molecule has 0 fully saturated rings. The summed E-state index contributed by atoms with van der Waals surface area (Å²) in [5.74, 6) is -0.322. The molecule has 1 rings (SSSR count). The summed E-state index contributed by atoms with van der Waals surface area (Å²) in [5.41, 5.74) is 1.49. The number of rotatable bonds is 4. The van der Waals surface area contributed by atoms with E-state index in [0.717, 1.165) is 5.56 Å². The third kappa shape index (κ3) is 5.34. The molecular weight excluding hydrogens is 234 g/mol. The molecule has 0 bridgehead atoms. The molecule has 0 aliphatic carbocycles. The van der Waals surface area contributed by atoms with Crippen LogP contribution in [0.3, 0.4) is 0 Å². The topological polar surface area (TPSA) is 64.6 Å². The van der Waals surface area contributed by atoms with Gasteiger partial charge < -0.3 is 9.47 Å². The number of hydrogen-bond donors (Lipinski definition) is 1. The third-order valence-electron chi connectivity index (χ3n) is 1.99. The van der Waals surface area contributed by atoms with Crippen LogP contribution in [0.5, 0.6) is 0 Å². The van der Waals surface area contributed by atoms with Gasteiger partial charge in [-0.1, -0.05) is 12.1 Å². The summed E-state index contributed by atoms with van der Waals surface area (Å²) in [4.78, 5) is 22.0. The summed E-state index contributed by atoms with van der Waals surface area (Å²) in [7, 11) is 0. The van der Waals surface area contributed by atoms with Crippen molar-refractivity contribution in [1.82, 2.24) is 0 Å². The first-order chi connectivity index (χ1) is 8.47. The van der Waals surface area contributed by atoms with E-state index in [9.17, 15) is 9.59 Å². The van der Waals surface area contributed by atoms with E-state index >= 15 is 0 Å². The van der Waals surface area contributed by atoms with Crippen molar-refractivity contribution in [3.05, 3.63) is 29.8 Å². The molecule has 0 heterocycles. The normalized spacial score (nSPS) is 10.0. The quantitative estimate of drug-likeness (QED) is 0.835. The van der Waals surface area contributed by atoms with Gasteiger partial charge in [0.15, 0.2) is 0 Å². The monoisotopic (exact) mass is 251 g/mol. The maximum absolute atomic E-state index is 11.3. The minimum absolute atomic E-state index is 0.159.